The van der Waals surface area contributed by atoms with Gasteiger partial charge in [-0.15, -0.1) is 0 Å². The molecule has 0 atom stereocenters. The van der Waals surface area contributed by atoms with E-state index in [0.717, 1.165) is 0 Å². The molecule has 0 unspecified atom stereocenters. The van der Waals surface area contributed by atoms with Crippen LogP contribution in [0, 0.1) is 0 Å². The molecule has 0 spiro atoms. The maximum Gasteiger partial charge on any atom is 1.00 e. The first-order valence-electron chi connectivity index (χ1n) is 1.17. The molecule has 9 heteroatoms. The van der Waals surface area contributed by atoms with E-state index in [0.29, 0.717) is 0 Å². The summed E-state index contributed by atoms with van der Waals surface area (Å²) in [7, 11) is -5.22. The van der Waals surface area contributed by atoms with Crippen LogP contribution < -0.4 is 51.4 Å². The summed E-state index contributed by atoms with van der Waals surface area (Å²) >= 11 is 0. The first kappa shape index (κ1) is 17.9. The van der Waals surface area contributed by atoms with Crippen molar-refractivity contribution in [3.8, 4) is 0 Å². The minimum Gasteiger partial charge on any atom is -1.00 e. The minimum absolute atomic E-state index is 0. The van der Waals surface area contributed by atoms with Gasteiger partial charge in [-0.1, -0.05) is 0 Å². The Morgan fingerprint density at radius 3 is 1.22 bits per heavy atom. The van der Waals surface area contributed by atoms with Crippen molar-refractivity contribution in [1.29, 1.82) is 0 Å². The second-order valence-electron chi connectivity index (χ2n) is 0.587. The molecule has 0 bridgehead atoms. The maximum absolute atomic E-state index is 7.82. The van der Waals surface area contributed by atoms with E-state index in [1.54, 1.807) is 0 Å². The zero-order valence-corrected chi connectivity index (χ0v) is 12.7. The van der Waals surface area contributed by atoms with E-state index in [4.69, 9.17) is 19.6 Å². The average molecular weight is 251 g/mol. The molecule has 0 amide bonds. The molecule has 0 aliphatic rings. The molecule has 0 aliphatic carbocycles. The standard InChI is InChI=1S/K.H4O5P2.Zn.H/c;1-6(2)5-7(3)4;;/h;1-4H;;/q+1;;;-1. The Morgan fingerprint density at radius 2 is 1.22 bits per heavy atom. The maximum atomic E-state index is 7.82. The third-order valence-electron chi connectivity index (χ3n) is 0.146. The Labute approximate surface area is 111 Å². The number of hydrogen-bond acceptors (Lipinski definition) is 5. The van der Waals surface area contributed by atoms with Crippen LogP contribution in [0.3, 0.4) is 0 Å². The Hall–Kier alpha value is 2.92. The van der Waals surface area contributed by atoms with Gasteiger partial charge in [0.15, 0.2) is 0 Å². The molecule has 0 saturated heterocycles. The third-order valence-corrected chi connectivity index (χ3v) is 1.31. The molecule has 0 aromatic carbocycles. The summed E-state index contributed by atoms with van der Waals surface area (Å²) in [4.78, 5) is 31.3. The van der Waals surface area contributed by atoms with Crippen molar-refractivity contribution < 1.29 is 96.2 Å². The Balaban J connectivity index is -0.0000000600. The van der Waals surface area contributed by atoms with Crippen LogP contribution in [-0.2, 0) is 23.8 Å². The van der Waals surface area contributed by atoms with Gasteiger partial charge in [0.1, 0.15) is 0 Å². The fourth-order valence-electron chi connectivity index (χ4n) is 0.0653. The minimum atomic E-state index is -2.61. The van der Waals surface area contributed by atoms with Crippen molar-refractivity contribution in [2.45, 2.75) is 0 Å². The first-order chi connectivity index (χ1) is 3.13. The van der Waals surface area contributed by atoms with Crippen LogP contribution in [-0.4, -0.2) is 19.6 Å². The normalized spacial score (nSPS) is 8.67. The van der Waals surface area contributed by atoms with Gasteiger partial charge in [-0.2, -0.15) is 0 Å². The Kier molecular flexibility index (Phi) is 21.7. The molecule has 4 N–H and O–H groups in total. The van der Waals surface area contributed by atoms with Crippen LogP contribution in [0.25, 0.3) is 0 Å². The van der Waals surface area contributed by atoms with Crippen LogP contribution in [0.5, 0.6) is 0 Å². The van der Waals surface area contributed by atoms with Gasteiger partial charge in [0.2, 0.25) is 0 Å². The van der Waals surface area contributed by atoms with E-state index in [1.807, 2.05) is 0 Å². The molecule has 9 heavy (non-hydrogen) atoms. The summed E-state index contributed by atoms with van der Waals surface area (Å²) in [5, 5.41) is 0. The molecular formula is H5KO5P2Zn. The monoisotopic (exact) mass is 250 g/mol. The number of hydrogen-bond donors (Lipinski definition) is 4. The molecule has 0 aromatic heterocycles. The van der Waals surface area contributed by atoms with Gasteiger partial charge in [0, 0.05) is 19.5 Å². The predicted octanol–water partition coefficient (Wildman–Crippen LogP) is -3.46. The summed E-state index contributed by atoms with van der Waals surface area (Å²) in [6.07, 6.45) is 0. The van der Waals surface area contributed by atoms with Crippen molar-refractivity contribution in [1.82, 2.24) is 0 Å². The molecule has 0 saturated carbocycles. The van der Waals surface area contributed by atoms with Crippen molar-refractivity contribution >= 4 is 17.2 Å². The van der Waals surface area contributed by atoms with Gasteiger partial charge in [-0.05, 0) is 0 Å². The zero-order valence-electron chi connectivity index (χ0n) is 5.80. The van der Waals surface area contributed by atoms with Crippen LogP contribution in [0.15, 0.2) is 0 Å². The Morgan fingerprint density at radius 1 is 1.00 bits per heavy atom. The van der Waals surface area contributed by atoms with Gasteiger partial charge >= 0.3 is 68.6 Å². The molecule has 0 aliphatic heterocycles. The molecule has 0 radical (unpaired) electrons. The summed E-state index contributed by atoms with van der Waals surface area (Å²) in [5.41, 5.74) is 0. The molecule has 0 fully saturated rings. The van der Waals surface area contributed by atoms with Crippen molar-refractivity contribution in [3.05, 3.63) is 0 Å². The quantitative estimate of drug-likeness (QED) is 0.303. The van der Waals surface area contributed by atoms with Crippen LogP contribution >= 0.6 is 17.2 Å². The Bertz CT molecular complexity index is 48.9. The van der Waals surface area contributed by atoms with Crippen molar-refractivity contribution in [3.63, 3.8) is 0 Å². The SMILES string of the molecule is OP(O)OP(O)O.[H-].[K+].[Zn]. The van der Waals surface area contributed by atoms with E-state index in [1.165, 1.54) is 0 Å². The van der Waals surface area contributed by atoms with Gasteiger partial charge in [-0.3, -0.25) is 0 Å². The molecule has 0 heterocycles. The van der Waals surface area contributed by atoms with E-state index >= 15 is 0 Å². The van der Waals surface area contributed by atoms with Crippen LogP contribution in [0.4, 0.5) is 0 Å². The first-order valence-corrected chi connectivity index (χ1v) is 3.50. The van der Waals surface area contributed by atoms with Gasteiger partial charge in [0.25, 0.3) is 0 Å². The van der Waals surface area contributed by atoms with E-state index in [2.05, 4.69) is 4.31 Å². The number of rotatable bonds is 2. The second kappa shape index (κ2) is 10.9. The summed E-state index contributed by atoms with van der Waals surface area (Å²) in [6.45, 7) is 0. The molecular weight excluding hydrogens is 246 g/mol. The third kappa shape index (κ3) is 18.1. The van der Waals surface area contributed by atoms with Crippen LogP contribution in [0.2, 0.25) is 0 Å². The summed E-state index contributed by atoms with van der Waals surface area (Å²) in [5.74, 6) is 0. The molecule has 0 aromatic rings. The van der Waals surface area contributed by atoms with E-state index < -0.39 is 17.2 Å². The molecule has 5 nitrogen and oxygen atoms in total. The van der Waals surface area contributed by atoms with Crippen molar-refractivity contribution in [2.24, 2.45) is 0 Å². The van der Waals surface area contributed by atoms with Crippen LogP contribution in [0.1, 0.15) is 1.43 Å². The topological polar surface area (TPSA) is 90.2 Å². The molecule has 48 valence electrons. The predicted molar refractivity (Wildman–Crippen MR) is 24.9 cm³/mol. The smallest absolute Gasteiger partial charge is 1.00 e. The average Bonchev–Trinajstić information content (AvgIpc) is 1.27. The van der Waals surface area contributed by atoms with E-state index in [-0.39, 0.29) is 72.3 Å². The second-order valence-corrected chi connectivity index (χ2v) is 2.25. The fourth-order valence-corrected chi connectivity index (χ4v) is 0.588. The van der Waals surface area contributed by atoms with Gasteiger partial charge in [-0.25, -0.2) is 4.31 Å². The van der Waals surface area contributed by atoms with Crippen molar-refractivity contribution in [2.75, 3.05) is 0 Å². The fraction of sp³-hybridized carbons (Fsp3) is 0. The van der Waals surface area contributed by atoms with Gasteiger partial charge in [0.05, 0.1) is 0 Å². The largest absolute Gasteiger partial charge is 1.00 e. The zero-order chi connectivity index (χ0) is 5.86. The van der Waals surface area contributed by atoms with E-state index in [9.17, 15) is 0 Å². The summed E-state index contributed by atoms with van der Waals surface area (Å²) in [6, 6.07) is 0. The molecule has 0 rings (SSSR count). The summed E-state index contributed by atoms with van der Waals surface area (Å²) < 4.78 is 3.60. The van der Waals surface area contributed by atoms with Gasteiger partial charge < -0.3 is 21.0 Å².